The van der Waals surface area contributed by atoms with E-state index in [2.05, 4.69) is 17.1 Å². The molecule has 1 fully saturated rings. The predicted molar refractivity (Wildman–Crippen MR) is 56.9 cm³/mol. The van der Waals surface area contributed by atoms with Gasteiger partial charge in [0.2, 0.25) is 5.91 Å². The van der Waals surface area contributed by atoms with Crippen LogP contribution in [0, 0.1) is 0 Å². The Balaban J connectivity index is 2.39. The van der Waals surface area contributed by atoms with Crippen molar-refractivity contribution in [1.29, 1.82) is 0 Å². The Bertz CT molecular complexity index is 192. The molecular weight excluding hydrogens is 178 g/mol. The standard InChI is InChI=1S/C10H21N3O/c1-3-6-13(8-4-5-8)7-9(12-2)10(11)14/h8-9,12H,3-7H2,1-2H3,(H2,11,14). The summed E-state index contributed by atoms with van der Waals surface area (Å²) in [6, 6.07) is 0.493. The molecular formula is C10H21N3O. The van der Waals surface area contributed by atoms with Gasteiger partial charge >= 0.3 is 0 Å². The molecule has 1 aliphatic carbocycles. The molecule has 1 aliphatic rings. The number of nitrogens with one attached hydrogen (secondary N) is 1. The van der Waals surface area contributed by atoms with Gasteiger partial charge < -0.3 is 11.1 Å². The van der Waals surface area contributed by atoms with E-state index in [9.17, 15) is 4.79 Å². The van der Waals surface area contributed by atoms with E-state index in [1.807, 2.05) is 0 Å². The monoisotopic (exact) mass is 199 g/mol. The van der Waals surface area contributed by atoms with Crippen LogP contribution in [0.3, 0.4) is 0 Å². The molecule has 3 N–H and O–H groups in total. The second-order valence-electron chi connectivity index (χ2n) is 3.97. The van der Waals surface area contributed by atoms with E-state index in [1.54, 1.807) is 7.05 Å². The van der Waals surface area contributed by atoms with E-state index in [4.69, 9.17) is 5.73 Å². The number of likely N-dealkylation sites (N-methyl/N-ethyl adjacent to an activating group) is 1. The summed E-state index contributed by atoms with van der Waals surface area (Å²) < 4.78 is 0. The van der Waals surface area contributed by atoms with Crippen molar-refractivity contribution >= 4 is 5.91 Å². The van der Waals surface area contributed by atoms with Crippen LogP contribution < -0.4 is 11.1 Å². The molecule has 1 atom stereocenters. The van der Waals surface area contributed by atoms with Crippen LogP contribution in [0.4, 0.5) is 0 Å². The average Bonchev–Trinajstić information content (AvgIpc) is 2.94. The van der Waals surface area contributed by atoms with Crippen molar-refractivity contribution in [2.24, 2.45) is 5.73 Å². The SMILES string of the molecule is CCCN(CC(NC)C(N)=O)C1CC1. The molecule has 0 heterocycles. The fourth-order valence-electron chi connectivity index (χ4n) is 1.71. The maximum Gasteiger partial charge on any atom is 0.235 e. The zero-order valence-electron chi connectivity index (χ0n) is 9.12. The number of hydrogen-bond donors (Lipinski definition) is 2. The highest BCUT2D eigenvalue weighted by Crippen LogP contribution is 2.26. The van der Waals surface area contributed by atoms with Gasteiger partial charge in [0.1, 0.15) is 0 Å². The smallest absolute Gasteiger partial charge is 0.235 e. The summed E-state index contributed by atoms with van der Waals surface area (Å²) in [5.41, 5.74) is 5.28. The van der Waals surface area contributed by atoms with Crippen LogP contribution in [-0.4, -0.2) is 43.0 Å². The van der Waals surface area contributed by atoms with Crippen molar-refractivity contribution in [3.63, 3.8) is 0 Å². The second kappa shape index (κ2) is 5.32. The summed E-state index contributed by atoms with van der Waals surface area (Å²) >= 11 is 0. The first-order chi connectivity index (χ1) is 6.69. The third-order valence-electron chi connectivity index (χ3n) is 2.68. The van der Waals surface area contributed by atoms with E-state index in [-0.39, 0.29) is 11.9 Å². The minimum atomic E-state index is -0.255. The summed E-state index contributed by atoms with van der Waals surface area (Å²) in [7, 11) is 1.78. The number of carbonyl (C=O) groups excluding carboxylic acids is 1. The van der Waals surface area contributed by atoms with Crippen LogP contribution in [-0.2, 0) is 4.79 Å². The van der Waals surface area contributed by atoms with Gasteiger partial charge in [0.15, 0.2) is 0 Å². The average molecular weight is 199 g/mol. The molecule has 1 rings (SSSR count). The van der Waals surface area contributed by atoms with Crippen LogP contribution in [0.5, 0.6) is 0 Å². The Morgan fingerprint density at radius 1 is 1.64 bits per heavy atom. The van der Waals surface area contributed by atoms with Crippen molar-refractivity contribution in [2.45, 2.75) is 38.3 Å². The highest BCUT2D eigenvalue weighted by molar-refractivity contribution is 5.80. The predicted octanol–water partition coefficient (Wildman–Crippen LogP) is -0.0659. The van der Waals surface area contributed by atoms with Gasteiger partial charge in [-0.1, -0.05) is 6.92 Å². The summed E-state index contributed by atoms with van der Waals surface area (Å²) in [6.45, 7) is 3.98. The zero-order valence-corrected chi connectivity index (χ0v) is 9.12. The molecule has 0 saturated heterocycles. The number of primary amides is 1. The van der Waals surface area contributed by atoms with Gasteiger partial charge in [-0.3, -0.25) is 9.69 Å². The molecule has 14 heavy (non-hydrogen) atoms. The third kappa shape index (κ3) is 3.27. The molecule has 0 aromatic carbocycles. The van der Waals surface area contributed by atoms with Crippen molar-refractivity contribution in [1.82, 2.24) is 10.2 Å². The molecule has 4 heteroatoms. The number of hydrogen-bond acceptors (Lipinski definition) is 3. The van der Waals surface area contributed by atoms with E-state index in [0.29, 0.717) is 6.04 Å². The van der Waals surface area contributed by atoms with Crippen molar-refractivity contribution < 1.29 is 4.79 Å². The lowest BCUT2D eigenvalue weighted by Gasteiger charge is -2.25. The molecule has 0 spiro atoms. The lowest BCUT2D eigenvalue weighted by Crippen LogP contribution is -2.48. The highest BCUT2D eigenvalue weighted by Gasteiger charge is 2.30. The molecule has 1 amide bonds. The summed E-state index contributed by atoms with van der Waals surface area (Å²) in [5.74, 6) is -0.255. The third-order valence-corrected chi connectivity index (χ3v) is 2.68. The molecule has 4 nitrogen and oxygen atoms in total. The van der Waals surface area contributed by atoms with E-state index in [0.717, 1.165) is 19.5 Å². The molecule has 1 unspecified atom stereocenters. The maximum atomic E-state index is 11.0. The lowest BCUT2D eigenvalue weighted by molar-refractivity contribution is -0.120. The summed E-state index contributed by atoms with van der Waals surface area (Å²) in [5, 5.41) is 2.96. The number of rotatable bonds is 7. The fraction of sp³-hybridized carbons (Fsp3) is 0.900. The van der Waals surface area contributed by atoms with Crippen LogP contribution in [0.2, 0.25) is 0 Å². The van der Waals surface area contributed by atoms with E-state index in [1.165, 1.54) is 12.8 Å². The lowest BCUT2D eigenvalue weighted by atomic mass is 10.2. The molecule has 0 aliphatic heterocycles. The Morgan fingerprint density at radius 3 is 2.64 bits per heavy atom. The maximum absolute atomic E-state index is 11.0. The van der Waals surface area contributed by atoms with Gasteiger partial charge in [-0.25, -0.2) is 0 Å². The molecule has 0 aromatic heterocycles. The van der Waals surface area contributed by atoms with Crippen LogP contribution >= 0.6 is 0 Å². The van der Waals surface area contributed by atoms with Crippen molar-refractivity contribution in [2.75, 3.05) is 20.1 Å². The molecule has 0 bridgehead atoms. The van der Waals surface area contributed by atoms with E-state index < -0.39 is 0 Å². The van der Waals surface area contributed by atoms with Crippen molar-refractivity contribution in [3.8, 4) is 0 Å². The highest BCUT2D eigenvalue weighted by atomic mass is 16.1. The van der Waals surface area contributed by atoms with Crippen LogP contribution in [0.15, 0.2) is 0 Å². The van der Waals surface area contributed by atoms with Gasteiger partial charge in [0.05, 0.1) is 6.04 Å². The molecule has 1 saturated carbocycles. The largest absolute Gasteiger partial charge is 0.368 e. The van der Waals surface area contributed by atoms with Gasteiger partial charge in [-0.05, 0) is 32.9 Å². The Morgan fingerprint density at radius 2 is 2.29 bits per heavy atom. The second-order valence-corrected chi connectivity index (χ2v) is 3.97. The molecule has 0 aromatic rings. The van der Waals surface area contributed by atoms with Gasteiger partial charge in [-0.15, -0.1) is 0 Å². The molecule has 82 valence electrons. The quantitative estimate of drug-likeness (QED) is 0.603. The van der Waals surface area contributed by atoms with Gasteiger partial charge in [0.25, 0.3) is 0 Å². The Labute approximate surface area is 85.8 Å². The fourth-order valence-corrected chi connectivity index (χ4v) is 1.71. The summed E-state index contributed by atoms with van der Waals surface area (Å²) in [6.07, 6.45) is 3.68. The van der Waals surface area contributed by atoms with Gasteiger partial charge in [-0.2, -0.15) is 0 Å². The first-order valence-corrected chi connectivity index (χ1v) is 5.39. The number of nitrogens with two attached hydrogens (primary N) is 1. The Hall–Kier alpha value is -0.610. The van der Waals surface area contributed by atoms with E-state index >= 15 is 0 Å². The first-order valence-electron chi connectivity index (χ1n) is 5.39. The zero-order chi connectivity index (χ0) is 10.6. The topological polar surface area (TPSA) is 58.4 Å². The first kappa shape index (κ1) is 11.5. The summed E-state index contributed by atoms with van der Waals surface area (Å²) in [4.78, 5) is 13.4. The molecule has 0 radical (unpaired) electrons. The minimum absolute atomic E-state index is 0.206. The van der Waals surface area contributed by atoms with Crippen molar-refractivity contribution in [3.05, 3.63) is 0 Å². The number of amides is 1. The Kier molecular flexibility index (Phi) is 4.35. The van der Waals surface area contributed by atoms with Crippen LogP contribution in [0.25, 0.3) is 0 Å². The number of carbonyl (C=O) groups is 1. The van der Waals surface area contributed by atoms with Crippen LogP contribution in [0.1, 0.15) is 26.2 Å². The normalized spacial score (nSPS) is 18.5. The minimum Gasteiger partial charge on any atom is -0.368 e. The number of nitrogens with zero attached hydrogens (tertiary/aromatic N) is 1. The van der Waals surface area contributed by atoms with Gasteiger partial charge in [0, 0.05) is 12.6 Å².